The Morgan fingerprint density at radius 2 is 1.56 bits per heavy atom. The number of carbonyl (C=O) groups excluding carboxylic acids is 5. The summed E-state index contributed by atoms with van der Waals surface area (Å²) in [5, 5.41) is 15.8. The van der Waals surface area contributed by atoms with Gasteiger partial charge in [0.2, 0.25) is 11.8 Å². The molecule has 4 aliphatic rings. The van der Waals surface area contributed by atoms with Gasteiger partial charge in [-0.05, 0) is 82.6 Å². The number of piperazine rings is 1. The Labute approximate surface area is 337 Å². The number of carbonyl (C=O) groups is 5. The van der Waals surface area contributed by atoms with Crippen LogP contribution in [0.25, 0.3) is 5.65 Å². The van der Waals surface area contributed by atoms with Crippen LogP contribution < -0.4 is 15.5 Å². The minimum Gasteiger partial charge on any atom is -0.386 e. The van der Waals surface area contributed by atoms with Gasteiger partial charge in [0.15, 0.2) is 0 Å². The molecule has 4 aromatic rings. The van der Waals surface area contributed by atoms with Gasteiger partial charge in [-0.3, -0.25) is 39.1 Å². The summed E-state index contributed by atoms with van der Waals surface area (Å²) in [6, 6.07) is 9.01. The number of imidazole rings is 1. The molecule has 1 atom stereocenters. The van der Waals surface area contributed by atoms with Crippen molar-refractivity contribution in [1.29, 1.82) is 0 Å². The highest BCUT2D eigenvalue weighted by Gasteiger charge is 2.45. The number of alkyl halides is 3. The number of fused-ring (bicyclic) bond motifs is 2. The van der Waals surface area contributed by atoms with Gasteiger partial charge in [0.1, 0.15) is 23.1 Å². The summed E-state index contributed by atoms with van der Waals surface area (Å²) < 4.78 is 41.5. The molecule has 3 fully saturated rings. The van der Waals surface area contributed by atoms with E-state index in [-0.39, 0.29) is 35.6 Å². The van der Waals surface area contributed by atoms with Crippen molar-refractivity contribution in [2.24, 2.45) is 0 Å². The second kappa shape index (κ2) is 15.5. The van der Waals surface area contributed by atoms with Gasteiger partial charge in [-0.15, -0.1) is 0 Å². The molecule has 1 aromatic carbocycles. The highest BCUT2D eigenvalue weighted by atomic mass is 19.4. The van der Waals surface area contributed by atoms with Crippen molar-refractivity contribution in [2.75, 3.05) is 62.6 Å². The lowest BCUT2D eigenvalue weighted by atomic mass is 9.94. The number of amides is 5. The van der Waals surface area contributed by atoms with Crippen LogP contribution in [0.15, 0.2) is 54.9 Å². The third-order valence-corrected chi connectivity index (χ3v) is 11.7. The van der Waals surface area contributed by atoms with E-state index in [0.717, 1.165) is 93.6 Å². The number of pyridine rings is 2. The average molecular weight is 816 g/mol. The van der Waals surface area contributed by atoms with Crippen molar-refractivity contribution in [2.45, 2.75) is 63.3 Å². The van der Waals surface area contributed by atoms with Crippen molar-refractivity contribution >= 4 is 46.6 Å². The normalized spacial score (nSPS) is 20.1. The van der Waals surface area contributed by atoms with E-state index >= 15 is 0 Å². The molecule has 0 bridgehead atoms. The van der Waals surface area contributed by atoms with E-state index < -0.39 is 58.7 Å². The Bertz CT molecular complexity index is 2340. The number of imide groups is 2. The fraction of sp³-hybridized carbons (Fsp3) is 0.439. The molecule has 0 saturated carbocycles. The third kappa shape index (κ3) is 8.16. The summed E-state index contributed by atoms with van der Waals surface area (Å²) >= 11 is 0. The summed E-state index contributed by atoms with van der Waals surface area (Å²) in [6.45, 7) is 9.83. The summed E-state index contributed by atoms with van der Waals surface area (Å²) in [5.74, 6) is -2.73. The predicted molar refractivity (Wildman–Crippen MR) is 208 cm³/mol. The molecule has 3 saturated heterocycles. The van der Waals surface area contributed by atoms with E-state index in [1.165, 1.54) is 6.07 Å². The molecule has 0 spiro atoms. The quantitative estimate of drug-likeness (QED) is 0.211. The monoisotopic (exact) mass is 815 g/mol. The van der Waals surface area contributed by atoms with Gasteiger partial charge in [0.25, 0.3) is 17.7 Å². The lowest BCUT2D eigenvalue weighted by Crippen LogP contribution is -2.54. The zero-order valence-corrected chi connectivity index (χ0v) is 32.6. The second-order valence-electron chi connectivity index (χ2n) is 16.1. The first-order chi connectivity index (χ1) is 28.0. The molecule has 59 heavy (non-hydrogen) atoms. The number of benzene rings is 1. The van der Waals surface area contributed by atoms with Gasteiger partial charge < -0.3 is 24.6 Å². The van der Waals surface area contributed by atoms with Crippen LogP contribution in [-0.2, 0) is 21.4 Å². The molecular formula is C41H44F3N9O6. The van der Waals surface area contributed by atoms with Gasteiger partial charge in [0.05, 0.1) is 28.1 Å². The molecular weight excluding hydrogens is 772 g/mol. The Morgan fingerprint density at radius 1 is 0.864 bits per heavy atom. The summed E-state index contributed by atoms with van der Waals surface area (Å²) in [5.41, 5.74) is 0.434. The maximum absolute atomic E-state index is 13.3. The molecule has 3 aromatic heterocycles. The number of halogens is 3. The number of anilines is 2. The molecule has 0 aliphatic carbocycles. The lowest BCUT2D eigenvalue weighted by molar-refractivity contribution is -0.141. The number of aromatic nitrogens is 3. The van der Waals surface area contributed by atoms with Crippen LogP contribution in [0.5, 0.6) is 0 Å². The van der Waals surface area contributed by atoms with Crippen molar-refractivity contribution in [3.63, 3.8) is 0 Å². The summed E-state index contributed by atoms with van der Waals surface area (Å²) in [7, 11) is 0. The molecule has 4 aliphatic heterocycles. The van der Waals surface area contributed by atoms with Crippen molar-refractivity contribution in [3.8, 4) is 0 Å². The number of likely N-dealkylation sites (tertiary alicyclic amines) is 1. The highest BCUT2D eigenvalue weighted by Crippen LogP contribution is 2.34. The molecule has 7 heterocycles. The maximum Gasteiger partial charge on any atom is 0.433 e. The smallest absolute Gasteiger partial charge is 0.386 e. The first-order valence-corrected chi connectivity index (χ1v) is 19.7. The van der Waals surface area contributed by atoms with Crippen molar-refractivity contribution < 1.29 is 42.3 Å². The Kier molecular flexibility index (Phi) is 10.5. The van der Waals surface area contributed by atoms with Crippen LogP contribution in [0.1, 0.15) is 93.6 Å². The van der Waals surface area contributed by atoms with E-state index in [9.17, 15) is 42.3 Å². The first-order valence-electron chi connectivity index (χ1n) is 19.7. The number of aliphatic hydroxyl groups is 1. The van der Waals surface area contributed by atoms with E-state index in [1.807, 2.05) is 12.3 Å². The Hall–Kier alpha value is -5.72. The predicted octanol–water partition coefficient (Wildman–Crippen LogP) is 3.63. The van der Waals surface area contributed by atoms with Gasteiger partial charge in [-0.25, -0.2) is 9.97 Å². The van der Waals surface area contributed by atoms with Crippen LogP contribution in [0.2, 0.25) is 0 Å². The number of nitrogens with zero attached hydrogens (tertiary/aromatic N) is 7. The standard InChI is InChI=1S/C41H44F3N9O6/c1-40(2,59)28-21-34-46-30(22-52(34)23-31(28)47-36(55)29-4-3-5-33(45-29)41(42,43)44)24-10-12-49(13-11-24)14-15-50-16-18-51(19-17-50)25-6-7-26-27(20-25)39(58)53(38(26)57)32-8-9-35(54)48-37(32)56/h3-7,20-24,32,59H,8-19H2,1-2H3,(H,47,55)(H,48,54,56). The molecule has 5 amide bonds. The van der Waals surface area contributed by atoms with Crippen LogP contribution in [0.4, 0.5) is 24.5 Å². The lowest BCUT2D eigenvalue weighted by Gasteiger charge is -2.38. The van der Waals surface area contributed by atoms with Gasteiger partial charge >= 0.3 is 6.18 Å². The van der Waals surface area contributed by atoms with E-state index in [4.69, 9.17) is 4.98 Å². The van der Waals surface area contributed by atoms with Crippen LogP contribution >= 0.6 is 0 Å². The largest absolute Gasteiger partial charge is 0.433 e. The highest BCUT2D eigenvalue weighted by molar-refractivity contribution is 6.23. The number of hydrogen-bond donors (Lipinski definition) is 3. The minimum atomic E-state index is -4.70. The van der Waals surface area contributed by atoms with Gasteiger partial charge in [-0.2, -0.15) is 13.2 Å². The van der Waals surface area contributed by atoms with Crippen molar-refractivity contribution in [3.05, 3.63) is 88.6 Å². The minimum absolute atomic E-state index is 0.0687. The molecule has 15 nitrogen and oxygen atoms in total. The van der Waals surface area contributed by atoms with E-state index in [0.29, 0.717) is 11.2 Å². The topological polar surface area (TPSA) is 173 Å². The average Bonchev–Trinajstić information content (AvgIpc) is 3.73. The molecule has 1 unspecified atom stereocenters. The SMILES string of the molecule is CC(C)(O)c1cc2nc(C3CCN(CCN4CCN(c5ccc6c(c5)C(=O)N(C5CCC(=O)NC5=O)C6=O)CC4)CC3)cn2cc1NC(=O)c1cccc(C(F)(F)F)n1. The number of nitrogens with one attached hydrogen (secondary N) is 2. The Morgan fingerprint density at radius 3 is 2.24 bits per heavy atom. The van der Waals surface area contributed by atoms with E-state index in [2.05, 4.69) is 30.3 Å². The molecule has 18 heteroatoms. The third-order valence-electron chi connectivity index (χ3n) is 11.7. The number of rotatable bonds is 9. The molecule has 3 N–H and O–H groups in total. The van der Waals surface area contributed by atoms with Crippen LogP contribution in [-0.4, -0.2) is 122 Å². The van der Waals surface area contributed by atoms with Crippen LogP contribution in [0.3, 0.4) is 0 Å². The van der Waals surface area contributed by atoms with Crippen molar-refractivity contribution in [1.82, 2.24) is 34.4 Å². The Balaban J connectivity index is 0.837. The second-order valence-corrected chi connectivity index (χ2v) is 16.1. The zero-order valence-electron chi connectivity index (χ0n) is 32.6. The fourth-order valence-electron chi connectivity index (χ4n) is 8.38. The summed E-state index contributed by atoms with van der Waals surface area (Å²) in [4.78, 5) is 79.9. The van der Waals surface area contributed by atoms with Gasteiger partial charge in [0, 0.05) is 75.3 Å². The van der Waals surface area contributed by atoms with Gasteiger partial charge in [-0.1, -0.05) is 6.07 Å². The van der Waals surface area contributed by atoms with Crippen LogP contribution in [0, 0.1) is 0 Å². The fourth-order valence-corrected chi connectivity index (χ4v) is 8.38. The summed E-state index contributed by atoms with van der Waals surface area (Å²) in [6.07, 6.45) is 0.762. The number of piperidine rings is 2. The maximum atomic E-state index is 13.3. The first kappa shape index (κ1) is 40.1. The molecule has 0 radical (unpaired) electrons. The molecule has 310 valence electrons. The molecule has 8 rings (SSSR count). The zero-order chi connectivity index (χ0) is 41.8. The van der Waals surface area contributed by atoms with E-state index in [1.54, 1.807) is 42.6 Å². The number of hydrogen-bond acceptors (Lipinski definition) is 11.